The molecule has 0 amide bonds. The number of aliphatic imine (C=N–C) groups is 1. The van der Waals surface area contributed by atoms with Gasteiger partial charge in [0.05, 0.1) is 7.11 Å². The fourth-order valence-electron chi connectivity index (χ4n) is 2.22. The Morgan fingerprint density at radius 3 is 2.55 bits per heavy atom. The van der Waals surface area contributed by atoms with Crippen LogP contribution in [0, 0.1) is 6.92 Å². The highest BCUT2D eigenvalue weighted by Gasteiger charge is 2.04. The van der Waals surface area contributed by atoms with Gasteiger partial charge in [-0.1, -0.05) is 37.5 Å². The van der Waals surface area contributed by atoms with Crippen molar-refractivity contribution in [2.24, 2.45) is 4.99 Å². The number of unbranched alkanes of at least 4 members (excludes halogenated alkanes) is 2. The summed E-state index contributed by atoms with van der Waals surface area (Å²) in [6, 6.07) is 6.28. The van der Waals surface area contributed by atoms with Crippen molar-refractivity contribution in [1.29, 1.82) is 0 Å². The van der Waals surface area contributed by atoms with E-state index in [1.54, 1.807) is 7.11 Å². The summed E-state index contributed by atoms with van der Waals surface area (Å²) in [5.74, 6) is 1.83. The first kappa shape index (κ1) is 21.0. The molecule has 0 unspecified atom stereocenters. The molecule has 0 heterocycles. The van der Waals surface area contributed by atoms with E-state index in [1.165, 1.54) is 30.4 Å². The fraction of sp³-hybridized carbons (Fsp3) is 0.588. The standard InChI is InChI=1S/C17H29N3O.HI/c1-5-6-7-11-19-17(18-3)20-12-10-15-13-14(2)8-9-16(15)21-4;/h8-9,13H,5-7,10-12H2,1-4H3,(H2,18,19,20);1H. The number of nitrogens with one attached hydrogen (secondary N) is 2. The molecule has 1 aromatic carbocycles. The van der Waals surface area contributed by atoms with Crippen LogP contribution in [0.3, 0.4) is 0 Å². The van der Waals surface area contributed by atoms with Gasteiger partial charge in [-0.05, 0) is 31.4 Å². The van der Waals surface area contributed by atoms with Gasteiger partial charge in [0.1, 0.15) is 5.75 Å². The Balaban J connectivity index is 0.00000441. The molecule has 126 valence electrons. The van der Waals surface area contributed by atoms with Crippen molar-refractivity contribution >= 4 is 29.9 Å². The topological polar surface area (TPSA) is 45.7 Å². The van der Waals surface area contributed by atoms with Gasteiger partial charge in [-0.25, -0.2) is 0 Å². The van der Waals surface area contributed by atoms with Crippen LogP contribution < -0.4 is 15.4 Å². The minimum atomic E-state index is 0. The van der Waals surface area contributed by atoms with Gasteiger partial charge in [0.25, 0.3) is 0 Å². The molecule has 2 N–H and O–H groups in total. The Hall–Kier alpha value is -0.980. The summed E-state index contributed by atoms with van der Waals surface area (Å²) in [4.78, 5) is 4.24. The Kier molecular flexibility index (Phi) is 12.0. The van der Waals surface area contributed by atoms with E-state index in [-0.39, 0.29) is 24.0 Å². The number of methoxy groups -OCH3 is 1. The lowest BCUT2D eigenvalue weighted by Crippen LogP contribution is -2.38. The van der Waals surface area contributed by atoms with Crippen LogP contribution in [0.4, 0.5) is 0 Å². The summed E-state index contributed by atoms with van der Waals surface area (Å²) in [5.41, 5.74) is 2.49. The summed E-state index contributed by atoms with van der Waals surface area (Å²) in [6.45, 7) is 6.13. The molecule has 0 aliphatic heterocycles. The molecular formula is C17H30IN3O. The number of ether oxygens (including phenoxy) is 1. The van der Waals surface area contributed by atoms with Gasteiger partial charge in [-0.2, -0.15) is 0 Å². The van der Waals surface area contributed by atoms with Gasteiger partial charge >= 0.3 is 0 Å². The Morgan fingerprint density at radius 1 is 1.18 bits per heavy atom. The van der Waals surface area contributed by atoms with E-state index >= 15 is 0 Å². The van der Waals surface area contributed by atoms with Gasteiger partial charge in [0.15, 0.2) is 5.96 Å². The molecule has 1 aromatic rings. The second-order valence-electron chi connectivity index (χ2n) is 5.20. The van der Waals surface area contributed by atoms with Crippen LogP contribution in [0.25, 0.3) is 0 Å². The Morgan fingerprint density at radius 2 is 1.91 bits per heavy atom. The highest BCUT2D eigenvalue weighted by Crippen LogP contribution is 2.19. The first-order chi connectivity index (χ1) is 10.2. The van der Waals surface area contributed by atoms with E-state index in [9.17, 15) is 0 Å². The quantitative estimate of drug-likeness (QED) is 0.293. The molecule has 22 heavy (non-hydrogen) atoms. The van der Waals surface area contributed by atoms with E-state index in [0.717, 1.165) is 31.2 Å². The van der Waals surface area contributed by atoms with Crippen molar-refractivity contribution in [3.05, 3.63) is 29.3 Å². The molecule has 0 spiro atoms. The molecule has 0 saturated heterocycles. The van der Waals surface area contributed by atoms with E-state index in [1.807, 2.05) is 13.1 Å². The number of aryl methyl sites for hydroxylation is 1. The third kappa shape index (κ3) is 7.87. The predicted molar refractivity (Wildman–Crippen MR) is 106 cm³/mol. The molecule has 0 atom stereocenters. The number of hydrogen-bond donors (Lipinski definition) is 2. The second kappa shape index (κ2) is 12.6. The molecule has 1 rings (SSSR count). The van der Waals surface area contributed by atoms with Crippen LogP contribution in [0.15, 0.2) is 23.2 Å². The lowest BCUT2D eigenvalue weighted by molar-refractivity contribution is 0.409. The van der Waals surface area contributed by atoms with Gasteiger partial charge in [0.2, 0.25) is 0 Å². The largest absolute Gasteiger partial charge is 0.496 e. The number of nitrogens with zero attached hydrogens (tertiary/aromatic N) is 1. The van der Waals surface area contributed by atoms with Crippen molar-refractivity contribution in [2.75, 3.05) is 27.2 Å². The van der Waals surface area contributed by atoms with E-state index in [2.05, 4.69) is 41.6 Å². The number of hydrogen-bond acceptors (Lipinski definition) is 2. The third-order valence-corrected chi connectivity index (χ3v) is 3.42. The molecule has 0 radical (unpaired) electrons. The number of halogens is 1. The summed E-state index contributed by atoms with van der Waals surface area (Å²) in [7, 11) is 3.53. The molecule has 0 aliphatic carbocycles. The monoisotopic (exact) mass is 419 g/mol. The third-order valence-electron chi connectivity index (χ3n) is 3.42. The summed E-state index contributed by atoms with van der Waals surface area (Å²) in [5, 5.41) is 6.69. The lowest BCUT2D eigenvalue weighted by Gasteiger charge is -2.13. The first-order valence-corrected chi connectivity index (χ1v) is 7.79. The van der Waals surface area contributed by atoms with Crippen molar-refractivity contribution in [3.8, 4) is 5.75 Å². The number of guanidine groups is 1. The average Bonchev–Trinajstić information content (AvgIpc) is 2.50. The lowest BCUT2D eigenvalue weighted by atomic mass is 10.1. The van der Waals surface area contributed by atoms with Gasteiger partial charge in [-0.3, -0.25) is 4.99 Å². The summed E-state index contributed by atoms with van der Waals surface area (Å²) in [6.07, 6.45) is 4.59. The first-order valence-electron chi connectivity index (χ1n) is 7.79. The van der Waals surface area contributed by atoms with Crippen LogP contribution >= 0.6 is 24.0 Å². The molecule has 0 aromatic heterocycles. The molecule has 4 nitrogen and oxygen atoms in total. The smallest absolute Gasteiger partial charge is 0.190 e. The van der Waals surface area contributed by atoms with E-state index in [0.29, 0.717) is 0 Å². The average molecular weight is 419 g/mol. The maximum absolute atomic E-state index is 5.40. The predicted octanol–water partition coefficient (Wildman–Crippen LogP) is 3.52. The van der Waals surface area contributed by atoms with Gasteiger partial charge < -0.3 is 15.4 Å². The molecule has 0 aliphatic rings. The van der Waals surface area contributed by atoms with Crippen LogP contribution in [0.5, 0.6) is 5.75 Å². The van der Waals surface area contributed by atoms with Gasteiger partial charge in [-0.15, -0.1) is 24.0 Å². The minimum Gasteiger partial charge on any atom is -0.496 e. The highest BCUT2D eigenvalue weighted by molar-refractivity contribution is 14.0. The van der Waals surface area contributed by atoms with Crippen LogP contribution in [-0.4, -0.2) is 33.2 Å². The van der Waals surface area contributed by atoms with Crippen molar-refractivity contribution < 1.29 is 4.74 Å². The molecular weight excluding hydrogens is 389 g/mol. The molecule has 0 fully saturated rings. The van der Waals surface area contributed by atoms with Crippen LogP contribution in [-0.2, 0) is 6.42 Å². The Bertz CT molecular complexity index is 450. The zero-order chi connectivity index (χ0) is 15.5. The maximum Gasteiger partial charge on any atom is 0.190 e. The van der Waals surface area contributed by atoms with E-state index in [4.69, 9.17) is 4.74 Å². The fourth-order valence-corrected chi connectivity index (χ4v) is 2.22. The van der Waals surface area contributed by atoms with Crippen molar-refractivity contribution in [2.45, 2.75) is 39.5 Å². The van der Waals surface area contributed by atoms with Crippen LogP contribution in [0.2, 0.25) is 0 Å². The normalized spacial score (nSPS) is 10.8. The van der Waals surface area contributed by atoms with Gasteiger partial charge in [0, 0.05) is 20.1 Å². The molecule has 5 heteroatoms. The van der Waals surface area contributed by atoms with E-state index < -0.39 is 0 Å². The van der Waals surface area contributed by atoms with Crippen molar-refractivity contribution in [1.82, 2.24) is 10.6 Å². The summed E-state index contributed by atoms with van der Waals surface area (Å²) < 4.78 is 5.40. The minimum absolute atomic E-state index is 0. The zero-order valence-electron chi connectivity index (χ0n) is 14.2. The maximum atomic E-state index is 5.40. The molecule has 0 bridgehead atoms. The SMILES string of the molecule is CCCCCNC(=NC)NCCc1cc(C)ccc1OC.I. The molecule has 0 saturated carbocycles. The highest BCUT2D eigenvalue weighted by atomic mass is 127. The second-order valence-corrected chi connectivity index (χ2v) is 5.20. The van der Waals surface area contributed by atoms with Crippen molar-refractivity contribution in [3.63, 3.8) is 0 Å². The number of benzene rings is 1. The van der Waals surface area contributed by atoms with Crippen LogP contribution in [0.1, 0.15) is 37.3 Å². The zero-order valence-corrected chi connectivity index (χ0v) is 16.6. The number of rotatable bonds is 8. The summed E-state index contributed by atoms with van der Waals surface area (Å²) >= 11 is 0. The Labute approximate surface area is 152 Å².